The Kier molecular flexibility index (Phi) is 4.20. The molecule has 1 aliphatic rings. The van der Waals surface area contributed by atoms with Gasteiger partial charge in [-0.1, -0.05) is 0 Å². The quantitative estimate of drug-likeness (QED) is 0.463. The second kappa shape index (κ2) is 5.87. The highest BCUT2D eigenvalue weighted by Gasteiger charge is 2.24. The van der Waals surface area contributed by atoms with Gasteiger partial charge in [-0.2, -0.15) is 5.10 Å². The fraction of sp³-hybridized carbons (Fsp3) is 0.455. The van der Waals surface area contributed by atoms with Crippen LogP contribution in [0.25, 0.3) is 0 Å². The van der Waals surface area contributed by atoms with Gasteiger partial charge in [0.1, 0.15) is 0 Å². The smallest absolute Gasteiger partial charge is 0.161 e. The van der Waals surface area contributed by atoms with E-state index >= 15 is 0 Å². The molecular formula is C11H17N7S. The standard InChI is InChI=1S/C11H17N7S/c1-7-4-9(17-15-5-7)18-3-2-8(6-18)16-11(14)19-10(12)13/h4-5,8H,2-3,6H2,1H3,(H3,12,13)(H2,14,16). The van der Waals surface area contributed by atoms with Crippen molar-refractivity contribution in [1.29, 1.82) is 10.8 Å². The molecule has 0 spiro atoms. The van der Waals surface area contributed by atoms with E-state index in [-0.39, 0.29) is 16.4 Å². The van der Waals surface area contributed by atoms with Crippen molar-refractivity contribution >= 4 is 27.9 Å². The van der Waals surface area contributed by atoms with E-state index in [0.29, 0.717) is 0 Å². The minimum atomic E-state index is -0.0723. The molecule has 1 fully saturated rings. The van der Waals surface area contributed by atoms with Gasteiger partial charge in [-0.15, -0.1) is 5.10 Å². The first kappa shape index (κ1) is 13.6. The van der Waals surface area contributed by atoms with Gasteiger partial charge in [-0.3, -0.25) is 10.8 Å². The van der Waals surface area contributed by atoms with Crippen LogP contribution in [-0.2, 0) is 0 Å². The molecular weight excluding hydrogens is 262 g/mol. The zero-order chi connectivity index (χ0) is 13.8. The molecule has 5 N–H and O–H groups in total. The molecule has 2 heterocycles. The minimum Gasteiger partial charge on any atom is -0.378 e. The lowest BCUT2D eigenvalue weighted by Gasteiger charge is -2.18. The number of amidine groups is 2. The number of hydrogen-bond acceptors (Lipinski definition) is 6. The summed E-state index contributed by atoms with van der Waals surface area (Å²) < 4.78 is 0. The van der Waals surface area contributed by atoms with Crippen molar-refractivity contribution in [3.8, 4) is 0 Å². The maximum Gasteiger partial charge on any atom is 0.161 e. The van der Waals surface area contributed by atoms with E-state index in [0.717, 1.165) is 42.7 Å². The monoisotopic (exact) mass is 279 g/mol. The first-order valence-electron chi connectivity index (χ1n) is 5.96. The maximum atomic E-state index is 7.67. The van der Waals surface area contributed by atoms with Gasteiger partial charge in [0.15, 0.2) is 16.2 Å². The number of hydrogen-bond donors (Lipinski definition) is 4. The summed E-state index contributed by atoms with van der Waals surface area (Å²) in [6.45, 7) is 3.65. The highest BCUT2D eigenvalue weighted by atomic mass is 32.2. The molecule has 0 aromatic carbocycles. The van der Waals surface area contributed by atoms with Crippen LogP contribution < -0.4 is 16.0 Å². The second-order valence-corrected chi connectivity index (χ2v) is 5.51. The van der Waals surface area contributed by atoms with Gasteiger partial charge in [-0.05, 0) is 36.7 Å². The molecule has 2 rings (SSSR count). The number of aromatic nitrogens is 2. The molecule has 1 aliphatic heterocycles. The van der Waals surface area contributed by atoms with E-state index in [9.17, 15) is 0 Å². The van der Waals surface area contributed by atoms with Gasteiger partial charge in [0, 0.05) is 19.1 Å². The largest absolute Gasteiger partial charge is 0.378 e. The van der Waals surface area contributed by atoms with Gasteiger partial charge in [0.05, 0.1) is 6.20 Å². The van der Waals surface area contributed by atoms with Crippen LogP contribution in [0.1, 0.15) is 12.0 Å². The van der Waals surface area contributed by atoms with Gasteiger partial charge in [-0.25, -0.2) is 0 Å². The molecule has 0 amide bonds. The van der Waals surface area contributed by atoms with Crippen molar-refractivity contribution in [2.24, 2.45) is 5.73 Å². The fourth-order valence-electron chi connectivity index (χ4n) is 2.01. The minimum absolute atomic E-state index is 0.0723. The second-order valence-electron chi connectivity index (χ2n) is 4.46. The average Bonchev–Trinajstić information content (AvgIpc) is 2.76. The van der Waals surface area contributed by atoms with Crippen LogP contribution in [0, 0.1) is 17.7 Å². The van der Waals surface area contributed by atoms with Crippen LogP contribution in [0.3, 0.4) is 0 Å². The van der Waals surface area contributed by atoms with E-state index in [1.165, 1.54) is 0 Å². The molecule has 7 nitrogen and oxygen atoms in total. The van der Waals surface area contributed by atoms with Crippen molar-refractivity contribution in [3.05, 3.63) is 17.8 Å². The van der Waals surface area contributed by atoms with Crippen molar-refractivity contribution in [3.63, 3.8) is 0 Å². The first-order chi connectivity index (χ1) is 9.04. The Hall–Kier alpha value is -1.83. The lowest BCUT2D eigenvalue weighted by Crippen LogP contribution is -2.36. The average molecular weight is 279 g/mol. The number of rotatable bonds is 2. The predicted octanol–water partition coefficient (Wildman–Crippen LogP) is 0.515. The lowest BCUT2D eigenvalue weighted by atomic mass is 10.3. The molecule has 1 saturated heterocycles. The summed E-state index contributed by atoms with van der Waals surface area (Å²) in [5.74, 6) is 0.870. The number of nitrogens with two attached hydrogens (primary N) is 1. The molecule has 0 aliphatic carbocycles. The van der Waals surface area contributed by atoms with Crippen molar-refractivity contribution in [2.75, 3.05) is 18.0 Å². The van der Waals surface area contributed by atoms with E-state index in [4.69, 9.17) is 16.6 Å². The summed E-state index contributed by atoms with van der Waals surface area (Å²) in [7, 11) is 0. The highest BCUT2D eigenvalue weighted by molar-refractivity contribution is 8.26. The third-order valence-electron chi connectivity index (χ3n) is 2.84. The molecule has 0 saturated carbocycles. The Morgan fingerprint density at radius 3 is 3.05 bits per heavy atom. The molecule has 1 aromatic rings. The van der Waals surface area contributed by atoms with Crippen LogP contribution in [-0.4, -0.2) is 39.7 Å². The highest BCUT2D eigenvalue weighted by Crippen LogP contribution is 2.18. The molecule has 19 heavy (non-hydrogen) atoms. The van der Waals surface area contributed by atoms with Gasteiger partial charge < -0.3 is 16.0 Å². The van der Waals surface area contributed by atoms with Gasteiger partial charge in [0.25, 0.3) is 0 Å². The summed E-state index contributed by atoms with van der Waals surface area (Å²) in [6, 6.07) is 2.19. The molecule has 0 bridgehead atoms. The summed E-state index contributed by atoms with van der Waals surface area (Å²) in [4.78, 5) is 2.14. The Labute approximate surface area is 116 Å². The van der Waals surface area contributed by atoms with Crippen molar-refractivity contribution < 1.29 is 0 Å². The molecule has 1 aromatic heterocycles. The zero-order valence-electron chi connectivity index (χ0n) is 10.7. The van der Waals surface area contributed by atoms with Crippen molar-refractivity contribution in [1.82, 2.24) is 15.5 Å². The zero-order valence-corrected chi connectivity index (χ0v) is 11.5. The maximum absolute atomic E-state index is 7.67. The Bertz CT molecular complexity index is 490. The van der Waals surface area contributed by atoms with E-state index in [1.807, 2.05) is 13.0 Å². The lowest BCUT2D eigenvalue weighted by molar-refractivity contribution is 0.673. The van der Waals surface area contributed by atoms with Gasteiger partial charge >= 0.3 is 0 Å². The normalized spacial score (nSPS) is 18.4. The Morgan fingerprint density at radius 1 is 1.58 bits per heavy atom. The summed E-state index contributed by atoms with van der Waals surface area (Å²) >= 11 is 0.928. The van der Waals surface area contributed by atoms with Gasteiger partial charge in [0.2, 0.25) is 0 Å². The third kappa shape index (κ3) is 3.82. The van der Waals surface area contributed by atoms with Crippen molar-refractivity contribution in [2.45, 2.75) is 19.4 Å². The number of nitrogens with zero attached hydrogens (tertiary/aromatic N) is 3. The predicted molar refractivity (Wildman–Crippen MR) is 77.8 cm³/mol. The number of anilines is 1. The Balaban J connectivity index is 1.89. The van der Waals surface area contributed by atoms with Crippen LogP contribution >= 0.6 is 11.8 Å². The summed E-state index contributed by atoms with van der Waals surface area (Å²) in [5, 5.41) is 26.1. The summed E-state index contributed by atoms with van der Waals surface area (Å²) in [5.41, 5.74) is 6.32. The van der Waals surface area contributed by atoms with Crippen LogP contribution in [0.15, 0.2) is 12.3 Å². The van der Waals surface area contributed by atoms with Crippen LogP contribution in [0.2, 0.25) is 0 Å². The molecule has 8 heteroatoms. The summed E-state index contributed by atoms with van der Waals surface area (Å²) in [6.07, 6.45) is 2.66. The topological polar surface area (TPSA) is 115 Å². The number of nitrogens with one attached hydrogen (secondary N) is 3. The van der Waals surface area contributed by atoms with E-state index in [1.54, 1.807) is 6.20 Å². The Morgan fingerprint density at radius 2 is 2.37 bits per heavy atom. The number of thioether (sulfide) groups is 1. The first-order valence-corrected chi connectivity index (χ1v) is 6.77. The molecule has 102 valence electrons. The van der Waals surface area contributed by atoms with Crippen LogP contribution in [0.5, 0.6) is 0 Å². The fourth-order valence-corrected chi connectivity index (χ4v) is 2.46. The molecule has 0 radical (unpaired) electrons. The SMILES string of the molecule is Cc1cnnc(N2CCC(NC(=N)SC(=N)N)C2)c1. The third-order valence-corrected chi connectivity index (χ3v) is 3.38. The molecule has 1 unspecified atom stereocenters. The van der Waals surface area contributed by atoms with Crippen LogP contribution in [0.4, 0.5) is 5.82 Å². The van der Waals surface area contributed by atoms with E-state index in [2.05, 4.69) is 20.4 Å². The van der Waals surface area contributed by atoms with E-state index < -0.39 is 0 Å². The molecule has 1 atom stereocenters. The number of aryl methyl sites for hydroxylation is 1.